The van der Waals surface area contributed by atoms with Gasteiger partial charge in [0, 0.05) is 31.5 Å². The zero-order valence-corrected chi connectivity index (χ0v) is 15.1. The highest BCUT2D eigenvalue weighted by molar-refractivity contribution is 5.98. The number of benzene rings is 1. The Morgan fingerprint density at radius 2 is 1.83 bits per heavy atom. The van der Waals surface area contributed by atoms with Gasteiger partial charge < -0.3 is 9.38 Å². The normalized spacial score (nSPS) is 23.3. The minimum Gasteiger partial charge on any atom is -0.314 e. The molecule has 2 fully saturated rings. The van der Waals surface area contributed by atoms with E-state index in [9.17, 15) is 4.79 Å². The van der Waals surface area contributed by atoms with Gasteiger partial charge in [-0.2, -0.15) is 0 Å². The van der Waals surface area contributed by atoms with Crippen LogP contribution in [0.25, 0.3) is 4.85 Å². The highest BCUT2D eigenvalue weighted by Gasteiger charge is 2.46. The molecule has 2 aliphatic rings. The molecule has 24 heavy (non-hydrogen) atoms. The van der Waals surface area contributed by atoms with Crippen LogP contribution in [-0.4, -0.2) is 42.6 Å². The zero-order chi connectivity index (χ0) is 17.3. The molecule has 2 heterocycles. The van der Waals surface area contributed by atoms with E-state index >= 15 is 0 Å². The molecule has 1 unspecified atom stereocenters. The lowest BCUT2D eigenvalue weighted by molar-refractivity contribution is -0.930. The van der Waals surface area contributed by atoms with Crippen molar-refractivity contribution in [2.75, 3.05) is 31.1 Å². The lowest BCUT2D eigenvalue weighted by Gasteiger charge is -2.44. The van der Waals surface area contributed by atoms with Crippen molar-refractivity contribution < 1.29 is 9.28 Å². The monoisotopic (exact) mass is 326 g/mol. The van der Waals surface area contributed by atoms with Crippen molar-refractivity contribution in [1.29, 1.82) is 0 Å². The Morgan fingerprint density at radius 1 is 1.21 bits per heavy atom. The van der Waals surface area contributed by atoms with Gasteiger partial charge in [0.05, 0.1) is 26.2 Å². The number of anilines is 1. The number of hydrogen-bond donors (Lipinski definition) is 0. The summed E-state index contributed by atoms with van der Waals surface area (Å²) in [6.07, 6.45) is 4.58. The lowest BCUT2D eigenvalue weighted by atomic mass is 9.97. The van der Waals surface area contributed by atoms with Crippen molar-refractivity contribution in [3.05, 3.63) is 34.7 Å². The Balaban J connectivity index is 1.96. The number of nitrogens with zero attached hydrogens (tertiary/aromatic N) is 3. The fourth-order valence-corrected chi connectivity index (χ4v) is 4.82. The molecule has 128 valence electrons. The molecule has 2 saturated heterocycles. The number of piperidine rings is 1. The molecule has 0 saturated carbocycles. The van der Waals surface area contributed by atoms with E-state index in [1.165, 1.54) is 12.8 Å². The van der Waals surface area contributed by atoms with Gasteiger partial charge in [-0.3, -0.25) is 4.79 Å². The van der Waals surface area contributed by atoms with Crippen LogP contribution in [0.1, 0.15) is 43.7 Å². The maximum absolute atomic E-state index is 13.4. The maximum Gasteiger partial charge on any atom is 0.285 e. The van der Waals surface area contributed by atoms with E-state index in [4.69, 9.17) is 6.57 Å². The number of amides is 1. The summed E-state index contributed by atoms with van der Waals surface area (Å²) in [5, 5.41) is 0. The molecule has 0 radical (unpaired) electrons. The molecule has 0 N–H and O–H groups in total. The summed E-state index contributed by atoms with van der Waals surface area (Å²) >= 11 is 0. The second kappa shape index (κ2) is 6.57. The van der Waals surface area contributed by atoms with Gasteiger partial charge in [0.1, 0.15) is 0 Å². The van der Waals surface area contributed by atoms with Gasteiger partial charge in [-0.25, -0.2) is 4.85 Å². The van der Waals surface area contributed by atoms with Gasteiger partial charge in [0.25, 0.3) is 5.91 Å². The summed E-state index contributed by atoms with van der Waals surface area (Å²) < 4.78 is 0.980. The topological polar surface area (TPSA) is 24.7 Å². The summed E-state index contributed by atoms with van der Waals surface area (Å²) in [6.45, 7) is 17.7. The Bertz CT molecular complexity index is 660. The Morgan fingerprint density at radius 3 is 2.38 bits per heavy atom. The van der Waals surface area contributed by atoms with E-state index in [0.717, 1.165) is 60.3 Å². The molecule has 2 aliphatic heterocycles. The quantitative estimate of drug-likeness (QED) is 0.609. The van der Waals surface area contributed by atoms with Crippen molar-refractivity contribution in [2.24, 2.45) is 0 Å². The Hall–Kier alpha value is -1.86. The van der Waals surface area contributed by atoms with Crippen LogP contribution in [0.15, 0.2) is 12.1 Å². The summed E-state index contributed by atoms with van der Waals surface area (Å²) in [7, 11) is 0. The number of likely N-dealkylation sites (N-methyl/N-ethyl adjacent to an activating group) is 1. The molecule has 0 spiro atoms. The first-order valence-corrected chi connectivity index (χ1v) is 9.18. The summed E-state index contributed by atoms with van der Waals surface area (Å²) in [6, 6.07) is 3.93. The molecule has 1 atom stereocenters. The Labute approximate surface area is 145 Å². The van der Waals surface area contributed by atoms with Crippen LogP contribution in [0.5, 0.6) is 0 Å². The number of aryl methyl sites for hydroxylation is 2. The molecule has 1 amide bonds. The third kappa shape index (κ3) is 2.71. The molecule has 0 aliphatic carbocycles. The second-order valence-corrected chi connectivity index (χ2v) is 7.38. The number of rotatable bonds is 3. The molecule has 1 aromatic carbocycles. The minimum atomic E-state index is 0.116. The molecular formula is C20H28N3O+. The smallest absolute Gasteiger partial charge is 0.285 e. The fraction of sp³-hybridized carbons (Fsp3) is 0.600. The SMILES string of the molecule is [C-]#[N+]c1cc(C)c(N2CCCC([N+]3(CC)CCCC3)C2=O)c(C)c1. The van der Waals surface area contributed by atoms with Crippen molar-refractivity contribution in [3.63, 3.8) is 0 Å². The van der Waals surface area contributed by atoms with E-state index in [0.29, 0.717) is 11.6 Å². The Kier molecular flexibility index (Phi) is 4.64. The first kappa shape index (κ1) is 17.0. The standard InChI is InChI=1S/C20H28N3O/c1-5-23(11-6-7-12-23)18-9-8-10-22(20(18)24)19-15(2)13-17(21-4)14-16(19)3/h13-14,18H,5-12H2,1-3H3/q+1. The van der Waals surface area contributed by atoms with E-state index in [-0.39, 0.29) is 6.04 Å². The highest BCUT2D eigenvalue weighted by atomic mass is 16.2. The summed E-state index contributed by atoms with van der Waals surface area (Å²) in [5.41, 5.74) is 3.77. The van der Waals surface area contributed by atoms with Crippen LogP contribution in [0, 0.1) is 20.4 Å². The van der Waals surface area contributed by atoms with E-state index in [1.54, 1.807) is 0 Å². The number of likely N-dealkylation sites (tertiary alicyclic amines) is 1. The fourth-order valence-electron chi connectivity index (χ4n) is 4.82. The molecule has 0 aromatic heterocycles. The molecular weight excluding hydrogens is 298 g/mol. The lowest BCUT2D eigenvalue weighted by Crippen LogP contribution is -2.62. The minimum absolute atomic E-state index is 0.116. The van der Waals surface area contributed by atoms with Crippen molar-refractivity contribution in [3.8, 4) is 0 Å². The van der Waals surface area contributed by atoms with Gasteiger partial charge >= 0.3 is 0 Å². The zero-order valence-electron chi connectivity index (χ0n) is 15.1. The summed E-state index contributed by atoms with van der Waals surface area (Å²) in [5.74, 6) is 0.298. The third-order valence-electron chi connectivity index (χ3n) is 6.03. The number of carbonyl (C=O) groups is 1. The predicted molar refractivity (Wildman–Crippen MR) is 97.3 cm³/mol. The van der Waals surface area contributed by atoms with Crippen LogP contribution in [0.3, 0.4) is 0 Å². The number of quaternary nitrogens is 1. The number of hydrogen-bond acceptors (Lipinski definition) is 1. The van der Waals surface area contributed by atoms with Crippen LogP contribution in [-0.2, 0) is 4.79 Å². The van der Waals surface area contributed by atoms with E-state index in [2.05, 4.69) is 11.8 Å². The van der Waals surface area contributed by atoms with Crippen molar-refractivity contribution in [1.82, 2.24) is 0 Å². The van der Waals surface area contributed by atoms with Gasteiger partial charge in [-0.15, -0.1) is 0 Å². The van der Waals surface area contributed by atoms with Crippen molar-refractivity contribution >= 4 is 17.3 Å². The van der Waals surface area contributed by atoms with E-state index in [1.807, 2.05) is 30.9 Å². The van der Waals surface area contributed by atoms with Crippen LogP contribution < -0.4 is 4.90 Å². The molecule has 1 aromatic rings. The van der Waals surface area contributed by atoms with Crippen LogP contribution >= 0.6 is 0 Å². The molecule has 4 nitrogen and oxygen atoms in total. The van der Waals surface area contributed by atoms with Gasteiger partial charge in [-0.1, -0.05) is 12.1 Å². The average Bonchev–Trinajstić information content (AvgIpc) is 3.05. The highest BCUT2D eigenvalue weighted by Crippen LogP contribution is 2.35. The van der Waals surface area contributed by atoms with Crippen molar-refractivity contribution in [2.45, 2.75) is 52.5 Å². The van der Waals surface area contributed by atoms with Gasteiger partial charge in [0.15, 0.2) is 11.7 Å². The van der Waals surface area contributed by atoms with Gasteiger partial charge in [-0.05, 0) is 38.3 Å². The van der Waals surface area contributed by atoms with Crippen LogP contribution in [0.2, 0.25) is 0 Å². The number of carbonyl (C=O) groups excluding carboxylic acids is 1. The predicted octanol–water partition coefficient (Wildman–Crippen LogP) is 3.98. The van der Waals surface area contributed by atoms with E-state index < -0.39 is 0 Å². The third-order valence-corrected chi connectivity index (χ3v) is 6.03. The molecule has 3 rings (SSSR count). The maximum atomic E-state index is 13.4. The van der Waals surface area contributed by atoms with Gasteiger partial charge in [0.2, 0.25) is 0 Å². The summed E-state index contributed by atoms with van der Waals surface area (Å²) in [4.78, 5) is 18.9. The van der Waals surface area contributed by atoms with Crippen LogP contribution in [0.4, 0.5) is 11.4 Å². The first-order valence-electron chi connectivity index (χ1n) is 9.18. The first-order chi connectivity index (χ1) is 11.5. The second-order valence-electron chi connectivity index (χ2n) is 7.38. The molecule has 4 heteroatoms. The largest absolute Gasteiger partial charge is 0.314 e. The molecule has 0 bridgehead atoms. The average molecular weight is 326 g/mol.